The van der Waals surface area contributed by atoms with E-state index in [-0.39, 0.29) is 0 Å². The van der Waals surface area contributed by atoms with Gasteiger partial charge in [-0.1, -0.05) is 26.0 Å². The lowest BCUT2D eigenvalue weighted by Gasteiger charge is -2.09. The molecule has 2 nitrogen and oxygen atoms in total. The van der Waals surface area contributed by atoms with E-state index in [9.17, 15) is 0 Å². The van der Waals surface area contributed by atoms with Crippen molar-refractivity contribution < 1.29 is 4.74 Å². The molecule has 0 unspecified atom stereocenters. The minimum Gasteiger partial charge on any atom is -0.382 e. The van der Waals surface area contributed by atoms with Gasteiger partial charge in [-0.05, 0) is 47.1 Å². The number of para-hydroxylation sites is 1. The predicted octanol–water partition coefficient (Wildman–Crippen LogP) is 3.77. The largest absolute Gasteiger partial charge is 0.382 e. The minimum atomic E-state index is 0.725. The maximum absolute atomic E-state index is 5.54. The van der Waals surface area contributed by atoms with E-state index < -0.39 is 0 Å². The molecule has 0 spiro atoms. The second-order valence-corrected chi connectivity index (χ2v) is 5.36. The number of rotatable bonds is 7. The Kier molecular flexibility index (Phi) is 6.80. The molecule has 90 valence electrons. The van der Waals surface area contributed by atoms with Gasteiger partial charge in [-0.2, -0.15) is 0 Å². The zero-order valence-electron chi connectivity index (χ0n) is 10.0. The quantitative estimate of drug-likeness (QED) is 0.606. The maximum atomic E-state index is 5.54. The highest BCUT2D eigenvalue weighted by Crippen LogP contribution is 2.16. The molecule has 0 radical (unpaired) electrons. The number of hydrogen-bond donors (Lipinski definition) is 1. The van der Waals surface area contributed by atoms with Gasteiger partial charge >= 0.3 is 0 Å². The van der Waals surface area contributed by atoms with Gasteiger partial charge in [0.1, 0.15) is 0 Å². The molecule has 3 heteroatoms. The minimum absolute atomic E-state index is 0.725. The lowest BCUT2D eigenvalue weighted by atomic mass is 10.1. The second-order valence-electron chi connectivity index (χ2n) is 4.20. The lowest BCUT2D eigenvalue weighted by Crippen LogP contribution is -2.11. The standard InChI is InChI=1S/C13H20INO/c1-11(2)7-9-16-10-8-15-13-6-4-3-5-12(13)14/h3-6,11,15H,7-10H2,1-2H3. The molecular weight excluding hydrogens is 313 g/mol. The van der Waals surface area contributed by atoms with Gasteiger partial charge in [0.15, 0.2) is 0 Å². The summed E-state index contributed by atoms with van der Waals surface area (Å²) in [7, 11) is 0. The fourth-order valence-electron chi connectivity index (χ4n) is 1.28. The molecule has 1 aromatic carbocycles. The monoisotopic (exact) mass is 333 g/mol. The Bertz CT molecular complexity index is 302. The van der Waals surface area contributed by atoms with E-state index in [4.69, 9.17) is 4.74 Å². The molecule has 0 amide bonds. The fraction of sp³-hybridized carbons (Fsp3) is 0.538. The highest BCUT2D eigenvalue weighted by atomic mass is 127. The van der Waals surface area contributed by atoms with Crippen molar-refractivity contribution in [2.45, 2.75) is 20.3 Å². The van der Waals surface area contributed by atoms with Crippen LogP contribution in [0.5, 0.6) is 0 Å². The first-order valence-electron chi connectivity index (χ1n) is 5.76. The summed E-state index contributed by atoms with van der Waals surface area (Å²) in [5.41, 5.74) is 1.19. The van der Waals surface area contributed by atoms with E-state index in [0.29, 0.717) is 0 Å². The molecule has 0 heterocycles. The van der Waals surface area contributed by atoms with Gasteiger partial charge < -0.3 is 10.1 Å². The van der Waals surface area contributed by atoms with E-state index in [1.807, 2.05) is 12.1 Å². The summed E-state index contributed by atoms with van der Waals surface area (Å²) in [6.07, 6.45) is 1.14. The number of ether oxygens (including phenoxy) is 1. The normalized spacial score (nSPS) is 10.8. The van der Waals surface area contributed by atoms with Crippen molar-refractivity contribution in [3.05, 3.63) is 27.8 Å². The van der Waals surface area contributed by atoms with Crippen LogP contribution in [-0.4, -0.2) is 19.8 Å². The van der Waals surface area contributed by atoms with E-state index in [2.05, 4.69) is 53.9 Å². The third kappa shape index (κ3) is 5.70. The molecule has 1 rings (SSSR count). The molecule has 0 aliphatic rings. The first kappa shape index (κ1) is 13.8. The molecule has 0 aromatic heterocycles. The number of anilines is 1. The number of nitrogens with one attached hydrogen (secondary N) is 1. The Balaban J connectivity index is 2.10. The van der Waals surface area contributed by atoms with Crippen LogP contribution in [0.3, 0.4) is 0 Å². The molecule has 0 atom stereocenters. The van der Waals surface area contributed by atoms with Gasteiger partial charge in [0.25, 0.3) is 0 Å². The van der Waals surface area contributed by atoms with Crippen LogP contribution in [0.1, 0.15) is 20.3 Å². The Morgan fingerprint density at radius 3 is 2.69 bits per heavy atom. The molecule has 0 fully saturated rings. The van der Waals surface area contributed by atoms with Gasteiger partial charge in [-0.25, -0.2) is 0 Å². The van der Waals surface area contributed by atoms with Crippen molar-refractivity contribution in [2.24, 2.45) is 5.92 Å². The van der Waals surface area contributed by atoms with Gasteiger partial charge in [0, 0.05) is 22.4 Å². The molecule has 0 saturated heterocycles. The van der Waals surface area contributed by atoms with E-state index >= 15 is 0 Å². The van der Waals surface area contributed by atoms with E-state index in [1.54, 1.807) is 0 Å². The number of halogens is 1. The summed E-state index contributed by atoms with van der Waals surface area (Å²) in [5, 5.41) is 3.37. The Hall–Kier alpha value is -0.290. The van der Waals surface area contributed by atoms with Crippen LogP contribution in [0.4, 0.5) is 5.69 Å². The summed E-state index contributed by atoms with van der Waals surface area (Å²) >= 11 is 2.33. The molecule has 1 N–H and O–H groups in total. The first-order chi connectivity index (χ1) is 7.70. The maximum Gasteiger partial charge on any atom is 0.0639 e. The van der Waals surface area contributed by atoms with Crippen LogP contribution in [0.15, 0.2) is 24.3 Å². The summed E-state index contributed by atoms with van der Waals surface area (Å²) in [4.78, 5) is 0. The molecular formula is C13H20INO. The molecule has 1 aromatic rings. The fourth-order valence-corrected chi connectivity index (χ4v) is 1.86. The van der Waals surface area contributed by atoms with Crippen LogP contribution in [0.2, 0.25) is 0 Å². The molecule has 0 saturated carbocycles. The third-order valence-electron chi connectivity index (χ3n) is 2.28. The van der Waals surface area contributed by atoms with Gasteiger partial charge in [0.2, 0.25) is 0 Å². The summed E-state index contributed by atoms with van der Waals surface area (Å²) in [5.74, 6) is 0.725. The van der Waals surface area contributed by atoms with E-state index in [0.717, 1.165) is 32.1 Å². The van der Waals surface area contributed by atoms with Crippen molar-refractivity contribution in [1.29, 1.82) is 0 Å². The Labute approximate surface area is 112 Å². The SMILES string of the molecule is CC(C)CCOCCNc1ccccc1I. The zero-order valence-corrected chi connectivity index (χ0v) is 12.2. The van der Waals surface area contributed by atoms with Crippen molar-refractivity contribution in [3.8, 4) is 0 Å². The zero-order chi connectivity index (χ0) is 11.8. The highest BCUT2D eigenvalue weighted by molar-refractivity contribution is 14.1. The molecule has 0 aliphatic carbocycles. The number of benzene rings is 1. The van der Waals surface area contributed by atoms with Gasteiger partial charge in [0.05, 0.1) is 6.61 Å². The smallest absolute Gasteiger partial charge is 0.0639 e. The van der Waals surface area contributed by atoms with Crippen LogP contribution in [0.25, 0.3) is 0 Å². The lowest BCUT2D eigenvalue weighted by molar-refractivity contribution is 0.132. The second kappa shape index (κ2) is 7.90. The van der Waals surface area contributed by atoms with Gasteiger partial charge in [-0.15, -0.1) is 0 Å². The molecule has 16 heavy (non-hydrogen) atoms. The topological polar surface area (TPSA) is 21.3 Å². The Morgan fingerprint density at radius 1 is 1.25 bits per heavy atom. The van der Waals surface area contributed by atoms with Crippen molar-refractivity contribution >= 4 is 28.3 Å². The summed E-state index contributed by atoms with van der Waals surface area (Å²) in [6, 6.07) is 8.29. The average molecular weight is 333 g/mol. The molecule has 0 aliphatic heterocycles. The summed E-state index contributed by atoms with van der Waals surface area (Å²) in [6.45, 7) is 6.95. The van der Waals surface area contributed by atoms with Crippen molar-refractivity contribution in [2.75, 3.05) is 25.1 Å². The van der Waals surface area contributed by atoms with Crippen LogP contribution in [-0.2, 0) is 4.74 Å². The predicted molar refractivity (Wildman–Crippen MR) is 77.9 cm³/mol. The first-order valence-corrected chi connectivity index (χ1v) is 6.84. The summed E-state index contributed by atoms with van der Waals surface area (Å²) < 4.78 is 6.79. The van der Waals surface area contributed by atoms with Crippen molar-refractivity contribution in [1.82, 2.24) is 0 Å². The number of hydrogen-bond acceptors (Lipinski definition) is 2. The van der Waals surface area contributed by atoms with Crippen LogP contribution >= 0.6 is 22.6 Å². The van der Waals surface area contributed by atoms with E-state index in [1.165, 1.54) is 9.26 Å². The van der Waals surface area contributed by atoms with Gasteiger partial charge in [-0.3, -0.25) is 0 Å². The third-order valence-corrected chi connectivity index (χ3v) is 3.22. The van der Waals surface area contributed by atoms with Crippen molar-refractivity contribution in [3.63, 3.8) is 0 Å². The average Bonchev–Trinajstić information content (AvgIpc) is 2.25. The Morgan fingerprint density at radius 2 is 2.00 bits per heavy atom. The molecule has 0 bridgehead atoms. The van der Waals surface area contributed by atoms with Crippen LogP contribution < -0.4 is 5.32 Å². The van der Waals surface area contributed by atoms with Crippen LogP contribution in [0, 0.1) is 9.49 Å². The highest BCUT2D eigenvalue weighted by Gasteiger charge is 1.97.